The van der Waals surface area contributed by atoms with Crippen molar-refractivity contribution in [2.24, 2.45) is 0 Å². The average Bonchev–Trinajstić information content (AvgIpc) is 3.09. The Morgan fingerprint density at radius 2 is 1.61 bits per heavy atom. The molecule has 0 aliphatic carbocycles. The Bertz CT molecular complexity index is 1400. The van der Waals surface area contributed by atoms with E-state index in [1.54, 1.807) is 17.4 Å². The van der Waals surface area contributed by atoms with E-state index in [0.717, 1.165) is 54.1 Å². The zero-order valence-electron chi connectivity index (χ0n) is 24.9. The third kappa shape index (κ3) is 7.45. The Hall–Kier alpha value is -4.23. The predicted molar refractivity (Wildman–Crippen MR) is 165 cm³/mol. The lowest BCUT2D eigenvalue weighted by Gasteiger charge is -2.32. The second kappa shape index (κ2) is 14.5. The molecule has 0 saturated carbocycles. The molecule has 3 saturated heterocycles. The molecule has 4 amide bonds. The van der Waals surface area contributed by atoms with E-state index >= 15 is 0 Å². The lowest BCUT2D eigenvalue weighted by atomic mass is 9.91. The molecule has 1 aromatic carbocycles. The number of carbonyl (C=O) groups excluding carboxylic acids is 2. The molecule has 13 heteroatoms. The molecule has 5 heterocycles. The Labute approximate surface area is 256 Å². The van der Waals surface area contributed by atoms with Crippen LogP contribution in [0.15, 0.2) is 42.9 Å². The van der Waals surface area contributed by atoms with Crippen LogP contribution in [0.3, 0.4) is 0 Å². The summed E-state index contributed by atoms with van der Waals surface area (Å²) in [6.07, 6.45) is 5.66. The molecule has 13 nitrogen and oxygen atoms in total. The predicted octanol–water partition coefficient (Wildman–Crippen LogP) is 3.08. The van der Waals surface area contributed by atoms with Gasteiger partial charge in [0.1, 0.15) is 17.9 Å². The second-order valence-corrected chi connectivity index (χ2v) is 11.2. The lowest BCUT2D eigenvalue weighted by molar-refractivity contribution is 0.0532. The van der Waals surface area contributed by atoms with Crippen molar-refractivity contribution < 1.29 is 23.8 Å². The van der Waals surface area contributed by atoms with E-state index in [9.17, 15) is 9.59 Å². The number of hydrogen-bond acceptors (Lipinski definition) is 9. The number of pyridine rings is 1. The van der Waals surface area contributed by atoms with Gasteiger partial charge in [0, 0.05) is 63.2 Å². The van der Waals surface area contributed by atoms with Gasteiger partial charge in [-0.1, -0.05) is 0 Å². The quantitative estimate of drug-likeness (QED) is 0.372. The fourth-order valence-electron chi connectivity index (χ4n) is 5.81. The van der Waals surface area contributed by atoms with Gasteiger partial charge in [0.15, 0.2) is 0 Å². The van der Waals surface area contributed by atoms with Crippen molar-refractivity contribution >= 4 is 34.5 Å². The number of nitrogens with zero attached hydrogens (tertiary/aromatic N) is 6. The maximum Gasteiger partial charge on any atom is 0.321 e. The van der Waals surface area contributed by atoms with Gasteiger partial charge in [-0.3, -0.25) is 0 Å². The summed E-state index contributed by atoms with van der Waals surface area (Å²) >= 11 is 0. The fraction of sp³-hybridized carbons (Fsp3) is 0.516. The number of ether oxygens (including phenoxy) is 3. The third-order valence-electron chi connectivity index (χ3n) is 8.31. The van der Waals surface area contributed by atoms with Gasteiger partial charge in [-0.15, -0.1) is 0 Å². The third-order valence-corrected chi connectivity index (χ3v) is 8.31. The van der Waals surface area contributed by atoms with Crippen LogP contribution < -0.4 is 20.3 Å². The van der Waals surface area contributed by atoms with E-state index in [1.807, 2.05) is 35.2 Å². The molecule has 0 radical (unpaired) electrons. The van der Waals surface area contributed by atoms with E-state index in [2.05, 4.69) is 30.5 Å². The van der Waals surface area contributed by atoms with Crippen LogP contribution in [0.2, 0.25) is 0 Å². The van der Waals surface area contributed by atoms with E-state index in [4.69, 9.17) is 14.2 Å². The summed E-state index contributed by atoms with van der Waals surface area (Å²) in [5.74, 6) is 1.87. The van der Waals surface area contributed by atoms with E-state index in [0.29, 0.717) is 77.9 Å². The van der Waals surface area contributed by atoms with Crippen LogP contribution in [0.1, 0.15) is 30.9 Å². The molecule has 234 valence electrons. The highest BCUT2D eigenvalue weighted by Gasteiger charge is 2.26. The van der Waals surface area contributed by atoms with Crippen molar-refractivity contribution in [1.82, 2.24) is 30.1 Å². The molecule has 44 heavy (non-hydrogen) atoms. The number of urea groups is 2. The SMILES string of the molecule is O=C(NCCCOc1ccc2c(C3CCN(C(=O)Nc4ccc(N5CCOCC5)nc4)CC3)ncnc2c1)N1CCOCC1. The minimum absolute atomic E-state index is 0.0543. The van der Waals surface area contributed by atoms with E-state index in [-0.39, 0.29) is 18.0 Å². The number of carbonyl (C=O) groups is 2. The normalized spacial score (nSPS) is 17.9. The summed E-state index contributed by atoms with van der Waals surface area (Å²) in [6.45, 7) is 7.80. The van der Waals surface area contributed by atoms with Gasteiger partial charge in [0.2, 0.25) is 0 Å². The fourth-order valence-corrected chi connectivity index (χ4v) is 5.81. The molecule has 0 unspecified atom stereocenters. The maximum atomic E-state index is 13.0. The first kappa shape index (κ1) is 29.8. The molecule has 3 aliphatic heterocycles. The minimum Gasteiger partial charge on any atom is -0.493 e. The van der Waals surface area contributed by atoms with Gasteiger partial charge < -0.3 is 39.5 Å². The summed E-state index contributed by atoms with van der Waals surface area (Å²) in [5.41, 5.74) is 2.53. The van der Waals surface area contributed by atoms with Crippen molar-refractivity contribution in [3.8, 4) is 5.75 Å². The Kier molecular flexibility index (Phi) is 9.83. The number of anilines is 2. The second-order valence-electron chi connectivity index (χ2n) is 11.2. The number of fused-ring (bicyclic) bond motifs is 1. The monoisotopic (exact) mass is 604 g/mol. The first-order chi connectivity index (χ1) is 21.6. The molecule has 2 aromatic heterocycles. The number of piperidine rings is 1. The Morgan fingerprint density at radius 3 is 2.36 bits per heavy atom. The van der Waals surface area contributed by atoms with Gasteiger partial charge in [0.25, 0.3) is 0 Å². The molecule has 0 bridgehead atoms. The zero-order chi connectivity index (χ0) is 30.1. The lowest BCUT2D eigenvalue weighted by Crippen LogP contribution is -2.46. The van der Waals surface area contributed by atoms with E-state index in [1.165, 1.54) is 0 Å². The van der Waals surface area contributed by atoms with Crippen LogP contribution in [0.25, 0.3) is 10.9 Å². The highest BCUT2D eigenvalue weighted by atomic mass is 16.5. The molecular formula is C31H40N8O5. The summed E-state index contributed by atoms with van der Waals surface area (Å²) in [5, 5.41) is 6.94. The average molecular weight is 605 g/mol. The number of hydrogen-bond donors (Lipinski definition) is 2. The number of aromatic nitrogens is 3. The standard InChI is InChI=1S/C31H40N8O5/c40-30(39-13-18-43-19-14-39)32-8-1-15-44-25-3-4-26-27(20-25)34-22-35-29(26)23-6-9-38(10-7-23)31(41)36-24-2-5-28(33-21-24)37-11-16-42-17-12-37/h2-5,20-23H,1,6-19H2,(H,32,40)(H,36,41). The number of rotatable bonds is 8. The minimum atomic E-state index is -0.112. The summed E-state index contributed by atoms with van der Waals surface area (Å²) in [6, 6.07) is 9.58. The van der Waals surface area contributed by atoms with Crippen molar-refractivity contribution in [1.29, 1.82) is 0 Å². The molecule has 3 aromatic rings. The van der Waals surface area contributed by atoms with Crippen molar-refractivity contribution in [3.05, 3.63) is 48.5 Å². The van der Waals surface area contributed by atoms with Crippen molar-refractivity contribution in [2.45, 2.75) is 25.2 Å². The van der Waals surface area contributed by atoms with Crippen LogP contribution in [-0.4, -0.2) is 116 Å². The van der Waals surface area contributed by atoms with Crippen LogP contribution in [-0.2, 0) is 9.47 Å². The molecule has 0 atom stereocenters. The molecule has 6 rings (SSSR count). The maximum absolute atomic E-state index is 13.0. The van der Waals surface area contributed by atoms with Crippen LogP contribution in [0.4, 0.5) is 21.1 Å². The van der Waals surface area contributed by atoms with Gasteiger partial charge in [-0.2, -0.15) is 0 Å². The van der Waals surface area contributed by atoms with Gasteiger partial charge >= 0.3 is 12.1 Å². The summed E-state index contributed by atoms with van der Waals surface area (Å²) in [7, 11) is 0. The molecule has 2 N–H and O–H groups in total. The Morgan fingerprint density at radius 1 is 0.864 bits per heavy atom. The van der Waals surface area contributed by atoms with Crippen LogP contribution in [0.5, 0.6) is 5.75 Å². The molecule has 0 spiro atoms. The smallest absolute Gasteiger partial charge is 0.321 e. The van der Waals surface area contributed by atoms with Gasteiger partial charge in [0.05, 0.1) is 56.1 Å². The summed E-state index contributed by atoms with van der Waals surface area (Å²) in [4.78, 5) is 44.6. The number of benzene rings is 1. The van der Waals surface area contributed by atoms with Gasteiger partial charge in [-0.25, -0.2) is 24.5 Å². The highest BCUT2D eigenvalue weighted by molar-refractivity contribution is 5.89. The zero-order valence-corrected chi connectivity index (χ0v) is 24.9. The van der Waals surface area contributed by atoms with Crippen molar-refractivity contribution in [3.63, 3.8) is 0 Å². The largest absolute Gasteiger partial charge is 0.493 e. The van der Waals surface area contributed by atoms with E-state index < -0.39 is 0 Å². The Balaban J connectivity index is 0.962. The highest BCUT2D eigenvalue weighted by Crippen LogP contribution is 2.32. The van der Waals surface area contributed by atoms with Crippen LogP contribution in [0, 0.1) is 0 Å². The van der Waals surface area contributed by atoms with Crippen LogP contribution >= 0.6 is 0 Å². The molecular weight excluding hydrogens is 564 g/mol. The van der Waals surface area contributed by atoms with Crippen molar-refractivity contribution in [2.75, 3.05) is 89.1 Å². The number of likely N-dealkylation sites (tertiary alicyclic amines) is 1. The molecule has 3 aliphatic rings. The number of amides is 4. The van der Waals surface area contributed by atoms with Gasteiger partial charge in [-0.05, 0) is 43.5 Å². The molecule has 3 fully saturated rings. The number of morpholine rings is 2. The topological polar surface area (TPSA) is 134 Å². The number of nitrogens with one attached hydrogen (secondary N) is 2. The first-order valence-corrected chi connectivity index (χ1v) is 15.5. The summed E-state index contributed by atoms with van der Waals surface area (Å²) < 4.78 is 16.6. The first-order valence-electron chi connectivity index (χ1n) is 15.5.